The molecule has 0 aliphatic rings. The summed E-state index contributed by atoms with van der Waals surface area (Å²) in [6, 6.07) is 71.8. The van der Waals surface area contributed by atoms with Gasteiger partial charge in [0.1, 0.15) is 0 Å². The van der Waals surface area contributed by atoms with E-state index in [1.807, 2.05) is 22.7 Å². The summed E-state index contributed by atoms with van der Waals surface area (Å²) < 4.78 is 15.7. The zero-order chi connectivity index (χ0) is 59.7. The molecule has 88 heavy (non-hydrogen) atoms. The molecule has 8 aromatic heterocycles. The molecule has 19 aromatic rings. The summed E-state index contributed by atoms with van der Waals surface area (Å²) in [5, 5.41) is 21.0. The first-order valence-corrected chi connectivity index (χ1v) is 33.0. The lowest BCUT2D eigenvalue weighted by Crippen LogP contribution is -2.10. The van der Waals surface area contributed by atoms with Gasteiger partial charge in [-0.2, -0.15) is 0 Å². The third-order valence-electron chi connectivity index (χ3n) is 20.4. The van der Waals surface area contributed by atoms with Crippen molar-refractivity contribution in [2.45, 2.75) is 105 Å². The molecule has 6 heteroatoms. The highest BCUT2D eigenvalue weighted by Crippen LogP contribution is 2.53. The summed E-state index contributed by atoms with van der Waals surface area (Å²) >= 11 is 3.89. The molecule has 8 heterocycles. The normalized spacial score (nSPS) is 13.7. The average Bonchev–Trinajstić information content (AvgIpc) is 1.53. The third kappa shape index (κ3) is 6.64. The second-order valence-electron chi connectivity index (χ2n) is 29.8. The van der Waals surface area contributed by atoms with E-state index in [9.17, 15) is 0 Å². The minimum absolute atomic E-state index is 0.0191. The number of aromatic nitrogens is 4. The summed E-state index contributed by atoms with van der Waals surface area (Å²) in [4.78, 5) is 0. The summed E-state index contributed by atoms with van der Waals surface area (Å²) in [5.41, 5.74) is 20.4. The van der Waals surface area contributed by atoms with Crippen molar-refractivity contribution in [3.63, 3.8) is 0 Å². The molecule has 0 atom stereocenters. The first-order chi connectivity index (χ1) is 42.2. The minimum Gasteiger partial charge on any atom is -0.309 e. The molecule has 0 unspecified atom stereocenters. The smallest absolute Gasteiger partial charge is 0.0635 e. The summed E-state index contributed by atoms with van der Waals surface area (Å²) in [6.45, 7) is 27.9. The zero-order valence-corrected chi connectivity index (χ0v) is 53.6. The maximum absolute atomic E-state index is 2.63. The molecule has 0 spiro atoms. The molecule has 0 amide bonds. The van der Waals surface area contributed by atoms with Crippen LogP contribution >= 0.6 is 22.7 Å². The standard InChI is InChI=1S/C82H66N4S2/c1-79(2,3)43-21-27-63-51(33-43)52-34-44(80(4,5)6)22-28-64(52)83(63)47-25-31-67-61(37-47)73-75-57(39-59-49-17-13-15-19-71(49)87-77(59)73)55-42-70-56(41-69(55)85(67)75)58-40-60-50-18-14-16-20-72(50)88-78(60)74-62-38-48(26-32-68(62)86(70)76(58)74)84-65-29-23-45(81(7,8)9)35-53(65)54-36-46(82(10,11)12)24-30-66(54)84/h13-42H,1-12H3. The number of rotatable bonds is 2. The number of hydrogen-bond donors (Lipinski definition) is 0. The van der Waals surface area contributed by atoms with E-state index in [2.05, 4.69) is 283 Å². The molecule has 0 bridgehead atoms. The Morgan fingerprint density at radius 3 is 0.909 bits per heavy atom. The van der Waals surface area contributed by atoms with Gasteiger partial charge in [0.25, 0.3) is 0 Å². The Kier molecular flexibility index (Phi) is 9.65. The van der Waals surface area contributed by atoms with Gasteiger partial charge in [0.2, 0.25) is 0 Å². The van der Waals surface area contributed by atoms with Gasteiger partial charge in [0.15, 0.2) is 0 Å². The van der Waals surface area contributed by atoms with Crippen molar-refractivity contribution in [2.75, 3.05) is 0 Å². The molecule has 426 valence electrons. The van der Waals surface area contributed by atoms with Gasteiger partial charge >= 0.3 is 0 Å². The Morgan fingerprint density at radius 1 is 0.250 bits per heavy atom. The van der Waals surface area contributed by atoms with Crippen molar-refractivity contribution in [3.05, 3.63) is 204 Å². The second-order valence-corrected chi connectivity index (χ2v) is 31.9. The van der Waals surface area contributed by atoms with E-state index in [1.165, 1.54) is 194 Å². The highest BCUT2D eigenvalue weighted by Gasteiger charge is 2.30. The van der Waals surface area contributed by atoms with Crippen LogP contribution in [0.4, 0.5) is 0 Å². The molecule has 0 saturated heterocycles. The van der Waals surface area contributed by atoms with Crippen LogP contribution in [0, 0.1) is 0 Å². The summed E-state index contributed by atoms with van der Waals surface area (Å²) in [7, 11) is 0. The molecular weight excluding hydrogens is 1110 g/mol. The number of benzene rings is 11. The summed E-state index contributed by atoms with van der Waals surface area (Å²) in [6.07, 6.45) is 0. The largest absolute Gasteiger partial charge is 0.309 e. The quantitative estimate of drug-likeness (QED) is 0.164. The van der Waals surface area contributed by atoms with Gasteiger partial charge in [0, 0.05) is 116 Å². The highest BCUT2D eigenvalue weighted by molar-refractivity contribution is 7.27. The van der Waals surface area contributed by atoms with Gasteiger partial charge in [-0.05, 0) is 165 Å². The monoisotopic (exact) mass is 1170 g/mol. The maximum atomic E-state index is 2.63. The van der Waals surface area contributed by atoms with Gasteiger partial charge in [-0.3, -0.25) is 0 Å². The van der Waals surface area contributed by atoms with E-state index < -0.39 is 0 Å². The van der Waals surface area contributed by atoms with Crippen molar-refractivity contribution >= 4 is 183 Å². The van der Waals surface area contributed by atoms with Crippen molar-refractivity contribution in [2.24, 2.45) is 0 Å². The molecule has 0 radical (unpaired) electrons. The van der Waals surface area contributed by atoms with E-state index in [-0.39, 0.29) is 21.7 Å². The molecule has 0 fully saturated rings. The lowest BCUT2D eigenvalue weighted by atomic mass is 9.85. The van der Waals surface area contributed by atoms with Gasteiger partial charge in [-0.1, -0.05) is 144 Å². The van der Waals surface area contributed by atoms with E-state index in [0.29, 0.717) is 0 Å². The minimum atomic E-state index is 0.0191. The van der Waals surface area contributed by atoms with Gasteiger partial charge in [0.05, 0.1) is 55.2 Å². The molecular formula is C82H66N4S2. The molecule has 0 saturated carbocycles. The number of fused-ring (bicyclic) bond motifs is 26. The first kappa shape index (κ1) is 51.1. The molecule has 4 nitrogen and oxygen atoms in total. The Hall–Kier alpha value is -8.94. The molecule has 0 aliphatic carbocycles. The van der Waals surface area contributed by atoms with Crippen molar-refractivity contribution < 1.29 is 0 Å². The fourth-order valence-electron chi connectivity index (χ4n) is 15.8. The Balaban J connectivity index is 0.907. The number of thiophene rings is 2. The van der Waals surface area contributed by atoms with E-state index in [1.54, 1.807) is 0 Å². The van der Waals surface area contributed by atoms with Crippen LogP contribution < -0.4 is 0 Å². The molecule has 19 rings (SSSR count). The molecule has 11 aromatic carbocycles. The Bertz CT molecular complexity index is 5800. The fourth-order valence-corrected chi connectivity index (χ4v) is 18.3. The predicted molar refractivity (Wildman–Crippen MR) is 385 cm³/mol. The lowest BCUT2D eigenvalue weighted by molar-refractivity contribution is 0.590. The fraction of sp³-hybridized carbons (Fsp3) is 0.195. The second kappa shape index (κ2) is 16.6. The Labute approximate surface area is 517 Å². The number of nitrogens with zero attached hydrogens (tertiary/aromatic N) is 4. The van der Waals surface area contributed by atoms with Gasteiger partial charge < -0.3 is 17.9 Å². The molecule has 0 N–H and O–H groups in total. The van der Waals surface area contributed by atoms with E-state index in [0.717, 1.165) is 0 Å². The van der Waals surface area contributed by atoms with Gasteiger partial charge in [-0.25, -0.2) is 0 Å². The third-order valence-corrected chi connectivity index (χ3v) is 22.8. The SMILES string of the molecule is CC(C)(C)c1ccc2c(c1)c1cc(C(C)(C)C)ccc1n2-c1ccc2c(c1)c1c3sc4ccccc4c3cc3c4cc5c(cc4n2c31)c1cc2c3ccccc3sc2c2c3cc(-n4c6ccc(C(C)(C)C)cc6c6cc(C(C)(C)C)ccc64)ccc3n5c12. The van der Waals surface area contributed by atoms with Crippen molar-refractivity contribution in [1.29, 1.82) is 0 Å². The summed E-state index contributed by atoms with van der Waals surface area (Å²) in [5.74, 6) is 0. The Morgan fingerprint density at radius 2 is 0.568 bits per heavy atom. The topological polar surface area (TPSA) is 18.7 Å². The van der Waals surface area contributed by atoms with Crippen LogP contribution in [-0.4, -0.2) is 17.9 Å². The van der Waals surface area contributed by atoms with Crippen LogP contribution in [0.2, 0.25) is 0 Å². The van der Waals surface area contributed by atoms with Crippen LogP contribution in [0.25, 0.3) is 172 Å². The molecule has 0 aliphatic heterocycles. The maximum Gasteiger partial charge on any atom is 0.0635 e. The van der Waals surface area contributed by atoms with E-state index >= 15 is 0 Å². The van der Waals surface area contributed by atoms with Crippen LogP contribution in [-0.2, 0) is 21.7 Å². The van der Waals surface area contributed by atoms with Gasteiger partial charge in [-0.15, -0.1) is 22.7 Å². The number of hydrogen-bond acceptors (Lipinski definition) is 2. The average molecular weight is 1170 g/mol. The van der Waals surface area contributed by atoms with Crippen LogP contribution in [0.1, 0.15) is 105 Å². The van der Waals surface area contributed by atoms with Crippen LogP contribution in [0.15, 0.2) is 182 Å². The lowest BCUT2D eigenvalue weighted by Gasteiger charge is -2.19. The van der Waals surface area contributed by atoms with E-state index in [4.69, 9.17) is 0 Å². The van der Waals surface area contributed by atoms with Crippen molar-refractivity contribution in [1.82, 2.24) is 17.9 Å². The first-order valence-electron chi connectivity index (χ1n) is 31.4. The highest BCUT2D eigenvalue weighted by atomic mass is 32.1. The zero-order valence-electron chi connectivity index (χ0n) is 51.9. The van der Waals surface area contributed by atoms with Crippen molar-refractivity contribution in [3.8, 4) is 11.4 Å². The predicted octanol–water partition coefficient (Wildman–Crippen LogP) is 24.1. The van der Waals surface area contributed by atoms with Crippen LogP contribution in [0.3, 0.4) is 0 Å². The van der Waals surface area contributed by atoms with Crippen LogP contribution in [0.5, 0.6) is 0 Å².